The molecule has 3 heteroatoms. The van der Waals surface area contributed by atoms with E-state index < -0.39 is 0 Å². The molecule has 2 saturated heterocycles. The second-order valence-electron chi connectivity index (χ2n) is 8.94. The van der Waals surface area contributed by atoms with Gasteiger partial charge in [-0.2, -0.15) is 0 Å². The molecule has 3 atom stereocenters. The molecule has 2 heterocycles. The summed E-state index contributed by atoms with van der Waals surface area (Å²) in [5, 5.41) is 9.98. The molecule has 27 heavy (non-hydrogen) atoms. The number of piperidine rings is 1. The third-order valence-corrected chi connectivity index (χ3v) is 6.98. The van der Waals surface area contributed by atoms with Crippen molar-refractivity contribution >= 4 is 0 Å². The van der Waals surface area contributed by atoms with E-state index in [9.17, 15) is 5.11 Å². The van der Waals surface area contributed by atoms with Crippen LogP contribution in [0, 0.1) is 12.8 Å². The van der Waals surface area contributed by atoms with Gasteiger partial charge in [-0.05, 0) is 47.9 Å². The number of hydrogen-bond acceptors (Lipinski definition) is 3. The van der Waals surface area contributed by atoms with Crippen LogP contribution < -0.4 is 0 Å². The number of hydrogen-bond donors (Lipinski definition) is 1. The van der Waals surface area contributed by atoms with Crippen molar-refractivity contribution in [1.29, 1.82) is 0 Å². The van der Waals surface area contributed by atoms with E-state index in [2.05, 4.69) is 60.9 Å². The van der Waals surface area contributed by atoms with Gasteiger partial charge in [-0.3, -0.25) is 9.80 Å². The summed E-state index contributed by atoms with van der Waals surface area (Å²) in [6, 6.07) is 17.5. The van der Waals surface area contributed by atoms with E-state index >= 15 is 0 Å². The lowest BCUT2D eigenvalue weighted by atomic mass is 9.65. The zero-order valence-corrected chi connectivity index (χ0v) is 16.9. The highest BCUT2D eigenvalue weighted by Crippen LogP contribution is 2.43. The van der Waals surface area contributed by atoms with Crippen LogP contribution in [-0.2, 0) is 12.0 Å². The standard InChI is InChI=1S/C24H32N2O/c1-18-7-9-20(10-8-18)16-25-11-12-26-15-19(2)24(3,14-22(26)17-25)21-5-4-6-23(27)13-21/h4-10,13,19,22,27H,11-12,14-17H2,1-3H3/t19?,22?,24-/m1/s1. The summed E-state index contributed by atoms with van der Waals surface area (Å²) in [6.45, 7) is 12.6. The predicted octanol–water partition coefficient (Wildman–Crippen LogP) is 4.18. The maximum Gasteiger partial charge on any atom is 0.115 e. The molecule has 1 N–H and O–H groups in total. The van der Waals surface area contributed by atoms with E-state index in [1.54, 1.807) is 6.07 Å². The van der Waals surface area contributed by atoms with E-state index in [4.69, 9.17) is 0 Å². The van der Waals surface area contributed by atoms with Crippen LogP contribution in [0.4, 0.5) is 0 Å². The van der Waals surface area contributed by atoms with Gasteiger partial charge in [0.05, 0.1) is 0 Å². The largest absolute Gasteiger partial charge is 0.508 e. The van der Waals surface area contributed by atoms with Gasteiger partial charge in [0.2, 0.25) is 0 Å². The van der Waals surface area contributed by atoms with Crippen molar-refractivity contribution in [3.05, 3.63) is 65.2 Å². The lowest BCUT2D eigenvalue weighted by molar-refractivity contribution is -0.00557. The molecular formula is C24H32N2O. The molecule has 0 radical (unpaired) electrons. The van der Waals surface area contributed by atoms with E-state index in [0.29, 0.717) is 17.7 Å². The van der Waals surface area contributed by atoms with Crippen LogP contribution in [0.5, 0.6) is 5.75 Å². The summed E-state index contributed by atoms with van der Waals surface area (Å²) in [4.78, 5) is 5.31. The maximum absolute atomic E-state index is 9.98. The van der Waals surface area contributed by atoms with Crippen molar-refractivity contribution in [2.75, 3.05) is 26.2 Å². The van der Waals surface area contributed by atoms with Gasteiger partial charge in [0.15, 0.2) is 0 Å². The minimum Gasteiger partial charge on any atom is -0.508 e. The zero-order valence-electron chi connectivity index (χ0n) is 16.9. The SMILES string of the molecule is Cc1ccc(CN2CCN3CC(C)[C@](C)(c4cccc(O)c4)CC3C2)cc1. The molecule has 2 fully saturated rings. The first kappa shape index (κ1) is 18.5. The second kappa shape index (κ2) is 7.29. The third-order valence-electron chi connectivity index (χ3n) is 6.98. The average molecular weight is 365 g/mol. The summed E-state index contributed by atoms with van der Waals surface area (Å²) < 4.78 is 0. The van der Waals surface area contributed by atoms with Crippen molar-refractivity contribution in [3.8, 4) is 5.75 Å². The molecule has 0 aliphatic carbocycles. The molecule has 144 valence electrons. The van der Waals surface area contributed by atoms with Gasteiger partial charge in [-0.25, -0.2) is 0 Å². The summed E-state index contributed by atoms with van der Waals surface area (Å²) in [6.07, 6.45) is 1.15. The summed E-state index contributed by atoms with van der Waals surface area (Å²) >= 11 is 0. The van der Waals surface area contributed by atoms with Crippen LogP contribution in [0.25, 0.3) is 0 Å². The zero-order chi connectivity index (χ0) is 19.0. The lowest BCUT2D eigenvalue weighted by Gasteiger charge is -2.53. The van der Waals surface area contributed by atoms with Gasteiger partial charge in [-0.1, -0.05) is 55.8 Å². The quantitative estimate of drug-likeness (QED) is 0.885. The molecule has 0 spiro atoms. The number of benzene rings is 2. The van der Waals surface area contributed by atoms with Crippen LogP contribution >= 0.6 is 0 Å². The number of aryl methyl sites for hydroxylation is 1. The van der Waals surface area contributed by atoms with E-state index in [-0.39, 0.29) is 5.41 Å². The molecule has 2 aromatic carbocycles. The van der Waals surface area contributed by atoms with Crippen molar-refractivity contribution in [2.24, 2.45) is 5.92 Å². The molecule has 4 rings (SSSR count). The molecule has 0 bridgehead atoms. The van der Waals surface area contributed by atoms with Gasteiger partial charge in [0.25, 0.3) is 0 Å². The molecule has 0 amide bonds. The highest BCUT2D eigenvalue weighted by molar-refractivity contribution is 5.34. The van der Waals surface area contributed by atoms with Crippen molar-refractivity contribution in [2.45, 2.75) is 45.2 Å². The number of aromatic hydroxyl groups is 1. The van der Waals surface area contributed by atoms with Crippen molar-refractivity contribution in [3.63, 3.8) is 0 Å². The Balaban J connectivity index is 1.49. The Bertz CT molecular complexity index is 787. The Morgan fingerprint density at radius 3 is 2.59 bits per heavy atom. The molecule has 0 saturated carbocycles. The maximum atomic E-state index is 9.98. The lowest BCUT2D eigenvalue weighted by Crippen LogP contribution is -2.60. The fourth-order valence-electron chi connectivity index (χ4n) is 4.99. The Morgan fingerprint density at radius 1 is 1.07 bits per heavy atom. The number of rotatable bonds is 3. The van der Waals surface area contributed by atoms with E-state index in [0.717, 1.165) is 39.1 Å². The normalized spacial score (nSPS) is 29.4. The van der Waals surface area contributed by atoms with Crippen LogP contribution in [-0.4, -0.2) is 47.1 Å². The number of fused-ring (bicyclic) bond motifs is 1. The van der Waals surface area contributed by atoms with E-state index in [1.165, 1.54) is 16.7 Å². The molecular weight excluding hydrogens is 332 g/mol. The average Bonchev–Trinajstić information content (AvgIpc) is 2.65. The predicted molar refractivity (Wildman–Crippen MR) is 111 cm³/mol. The Hall–Kier alpha value is -1.84. The highest BCUT2D eigenvalue weighted by atomic mass is 16.3. The molecule has 3 nitrogen and oxygen atoms in total. The molecule has 2 unspecified atom stereocenters. The van der Waals surface area contributed by atoms with Crippen LogP contribution in [0.2, 0.25) is 0 Å². The number of phenols is 1. The van der Waals surface area contributed by atoms with Crippen molar-refractivity contribution < 1.29 is 5.11 Å². The monoisotopic (exact) mass is 364 g/mol. The number of phenolic OH excluding ortho intramolecular Hbond substituents is 1. The van der Waals surface area contributed by atoms with Crippen LogP contribution in [0.3, 0.4) is 0 Å². The fourth-order valence-corrected chi connectivity index (χ4v) is 4.99. The van der Waals surface area contributed by atoms with E-state index in [1.807, 2.05) is 12.1 Å². The van der Waals surface area contributed by atoms with Crippen LogP contribution in [0.15, 0.2) is 48.5 Å². The third kappa shape index (κ3) is 3.76. The smallest absolute Gasteiger partial charge is 0.115 e. The topological polar surface area (TPSA) is 26.7 Å². The Morgan fingerprint density at radius 2 is 1.85 bits per heavy atom. The van der Waals surface area contributed by atoms with Gasteiger partial charge in [0.1, 0.15) is 5.75 Å². The van der Waals surface area contributed by atoms with Gasteiger partial charge < -0.3 is 5.11 Å². The molecule has 2 aliphatic rings. The Labute approximate surface area is 163 Å². The summed E-state index contributed by atoms with van der Waals surface area (Å²) in [5.74, 6) is 0.965. The minimum absolute atomic E-state index is 0.118. The minimum atomic E-state index is 0.118. The van der Waals surface area contributed by atoms with Crippen molar-refractivity contribution in [1.82, 2.24) is 9.80 Å². The van der Waals surface area contributed by atoms with Gasteiger partial charge >= 0.3 is 0 Å². The van der Waals surface area contributed by atoms with Gasteiger partial charge in [-0.15, -0.1) is 0 Å². The second-order valence-corrected chi connectivity index (χ2v) is 8.94. The fraction of sp³-hybridized carbons (Fsp3) is 0.500. The van der Waals surface area contributed by atoms with Gasteiger partial charge in [0, 0.05) is 38.8 Å². The highest BCUT2D eigenvalue weighted by Gasteiger charge is 2.44. The Kier molecular flexibility index (Phi) is 5.00. The number of piperazine rings is 1. The number of nitrogens with zero attached hydrogens (tertiary/aromatic N) is 2. The molecule has 2 aliphatic heterocycles. The van der Waals surface area contributed by atoms with Crippen LogP contribution in [0.1, 0.15) is 37.0 Å². The molecule has 2 aromatic rings. The first-order valence-electron chi connectivity index (χ1n) is 10.3. The summed E-state index contributed by atoms with van der Waals surface area (Å²) in [5.41, 5.74) is 4.14. The molecule has 0 aromatic heterocycles. The first-order valence-corrected chi connectivity index (χ1v) is 10.3. The summed E-state index contributed by atoms with van der Waals surface area (Å²) in [7, 11) is 0. The first-order chi connectivity index (χ1) is 12.9.